The van der Waals surface area contributed by atoms with Crippen molar-refractivity contribution in [3.8, 4) is 0 Å². The predicted molar refractivity (Wildman–Crippen MR) is 91.0 cm³/mol. The minimum atomic E-state index is -0.522. The molecule has 1 heterocycles. The Kier molecular flexibility index (Phi) is 4.62. The van der Waals surface area contributed by atoms with Crippen LogP contribution in [0.1, 0.15) is 11.1 Å². The fourth-order valence-corrected chi connectivity index (χ4v) is 3.13. The van der Waals surface area contributed by atoms with Gasteiger partial charge in [0.15, 0.2) is 0 Å². The third-order valence-electron chi connectivity index (χ3n) is 3.51. The average Bonchev–Trinajstić information content (AvgIpc) is 2.83. The van der Waals surface area contributed by atoms with Gasteiger partial charge in [-0.2, -0.15) is 0 Å². The smallest absolute Gasteiger partial charge is 0.268 e. The van der Waals surface area contributed by atoms with E-state index < -0.39 is 21.9 Å². The van der Waals surface area contributed by atoms with Crippen molar-refractivity contribution >= 4 is 34.7 Å². The molecule has 2 aromatic rings. The number of nitro groups is 1. The molecule has 1 aliphatic rings. The zero-order valence-electron chi connectivity index (χ0n) is 12.7. The number of thioether (sulfide) groups is 1. The standard InChI is InChI=1S/C17H11FN2O4S/c18-13-3-1-2-12(8-13)9-15-16(21)19(17(22)25-15)10-11-4-6-14(7-5-11)20(23)24/h1-9H,10H2/b15-9+. The van der Waals surface area contributed by atoms with Gasteiger partial charge in [0.25, 0.3) is 16.8 Å². The molecule has 0 aliphatic carbocycles. The molecule has 0 bridgehead atoms. The number of imide groups is 1. The molecule has 2 aromatic carbocycles. The summed E-state index contributed by atoms with van der Waals surface area (Å²) >= 11 is 0.778. The highest BCUT2D eigenvalue weighted by molar-refractivity contribution is 8.18. The van der Waals surface area contributed by atoms with Crippen molar-refractivity contribution in [1.29, 1.82) is 0 Å². The highest BCUT2D eigenvalue weighted by Gasteiger charge is 2.35. The third kappa shape index (κ3) is 3.74. The summed E-state index contributed by atoms with van der Waals surface area (Å²) in [5.41, 5.74) is 1.02. The molecule has 0 N–H and O–H groups in total. The lowest BCUT2D eigenvalue weighted by Gasteiger charge is -2.12. The van der Waals surface area contributed by atoms with E-state index in [1.54, 1.807) is 6.07 Å². The van der Waals surface area contributed by atoms with E-state index in [4.69, 9.17) is 0 Å². The van der Waals surface area contributed by atoms with Gasteiger partial charge in [-0.1, -0.05) is 24.3 Å². The van der Waals surface area contributed by atoms with Crippen molar-refractivity contribution in [3.05, 3.63) is 80.5 Å². The summed E-state index contributed by atoms with van der Waals surface area (Å²) in [7, 11) is 0. The fourth-order valence-electron chi connectivity index (χ4n) is 2.29. The van der Waals surface area contributed by atoms with Crippen LogP contribution < -0.4 is 0 Å². The van der Waals surface area contributed by atoms with Gasteiger partial charge in [-0.3, -0.25) is 24.6 Å². The van der Waals surface area contributed by atoms with Crippen LogP contribution in [0.4, 0.5) is 14.9 Å². The lowest BCUT2D eigenvalue weighted by atomic mass is 10.2. The van der Waals surface area contributed by atoms with Gasteiger partial charge in [0.05, 0.1) is 16.4 Å². The molecule has 0 saturated carbocycles. The van der Waals surface area contributed by atoms with E-state index in [0.717, 1.165) is 16.7 Å². The third-order valence-corrected chi connectivity index (χ3v) is 4.42. The molecule has 6 nitrogen and oxygen atoms in total. The van der Waals surface area contributed by atoms with Gasteiger partial charge < -0.3 is 0 Å². The molecular weight excluding hydrogens is 347 g/mol. The SMILES string of the molecule is O=C1S/C(=C/c2cccc(F)c2)C(=O)N1Cc1ccc([N+](=O)[O-])cc1. The highest BCUT2D eigenvalue weighted by Crippen LogP contribution is 2.33. The Morgan fingerprint density at radius 2 is 1.88 bits per heavy atom. The fraction of sp³-hybridized carbons (Fsp3) is 0.0588. The van der Waals surface area contributed by atoms with Gasteiger partial charge in [-0.05, 0) is 41.1 Å². The quantitative estimate of drug-likeness (QED) is 0.469. The number of non-ortho nitro benzene ring substituents is 1. The van der Waals surface area contributed by atoms with Crippen molar-refractivity contribution in [2.75, 3.05) is 0 Å². The van der Waals surface area contributed by atoms with Crippen LogP contribution in [0.15, 0.2) is 53.4 Å². The Morgan fingerprint density at radius 1 is 1.16 bits per heavy atom. The number of hydrogen-bond acceptors (Lipinski definition) is 5. The Balaban J connectivity index is 1.78. The number of carbonyl (C=O) groups excluding carboxylic acids is 2. The highest BCUT2D eigenvalue weighted by atomic mass is 32.2. The molecular formula is C17H11FN2O4S. The predicted octanol–water partition coefficient (Wildman–Crippen LogP) is 3.97. The molecule has 1 fully saturated rings. The molecule has 3 rings (SSSR count). The minimum Gasteiger partial charge on any atom is -0.268 e. The summed E-state index contributed by atoms with van der Waals surface area (Å²) in [6, 6.07) is 11.3. The number of nitro benzene ring substituents is 1. The van der Waals surface area contributed by atoms with Gasteiger partial charge >= 0.3 is 0 Å². The normalized spacial score (nSPS) is 15.9. The van der Waals surface area contributed by atoms with Gasteiger partial charge in [0, 0.05) is 12.1 Å². The first kappa shape index (κ1) is 16.8. The van der Waals surface area contributed by atoms with E-state index in [-0.39, 0.29) is 17.1 Å². The second kappa shape index (κ2) is 6.86. The lowest BCUT2D eigenvalue weighted by molar-refractivity contribution is -0.384. The molecule has 25 heavy (non-hydrogen) atoms. The van der Waals surface area contributed by atoms with Crippen LogP contribution in [0, 0.1) is 15.9 Å². The summed E-state index contributed by atoms with van der Waals surface area (Å²) in [6.07, 6.45) is 1.46. The zero-order chi connectivity index (χ0) is 18.0. The van der Waals surface area contributed by atoms with Crippen molar-refractivity contribution < 1.29 is 18.9 Å². The summed E-state index contributed by atoms with van der Waals surface area (Å²) in [5, 5.41) is 10.2. The molecule has 1 saturated heterocycles. The van der Waals surface area contributed by atoms with Gasteiger partial charge in [0.2, 0.25) is 0 Å². The maximum atomic E-state index is 13.2. The van der Waals surface area contributed by atoms with Crippen molar-refractivity contribution in [1.82, 2.24) is 4.90 Å². The van der Waals surface area contributed by atoms with E-state index in [0.29, 0.717) is 11.1 Å². The maximum Gasteiger partial charge on any atom is 0.293 e. The molecule has 126 valence electrons. The molecule has 8 heteroatoms. The molecule has 1 aliphatic heterocycles. The molecule has 0 spiro atoms. The monoisotopic (exact) mass is 358 g/mol. The molecule has 0 unspecified atom stereocenters. The molecule has 0 radical (unpaired) electrons. The van der Waals surface area contributed by atoms with E-state index in [9.17, 15) is 24.1 Å². The molecule has 0 atom stereocenters. The number of rotatable bonds is 4. The molecule has 2 amide bonds. The second-order valence-corrected chi connectivity index (χ2v) is 6.24. The van der Waals surface area contributed by atoms with Crippen molar-refractivity contribution in [2.24, 2.45) is 0 Å². The van der Waals surface area contributed by atoms with Crippen LogP contribution in [0.25, 0.3) is 6.08 Å². The van der Waals surface area contributed by atoms with E-state index in [1.807, 2.05) is 0 Å². The van der Waals surface area contributed by atoms with Crippen LogP contribution in [0.2, 0.25) is 0 Å². The summed E-state index contributed by atoms with van der Waals surface area (Å²) in [4.78, 5) is 35.9. The Morgan fingerprint density at radius 3 is 2.52 bits per heavy atom. The van der Waals surface area contributed by atoms with Crippen LogP contribution in [-0.2, 0) is 11.3 Å². The Bertz CT molecular complexity index is 896. The number of nitrogens with zero attached hydrogens (tertiary/aromatic N) is 2. The second-order valence-electron chi connectivity index (χ2n) is 5.25. The first-order valence-electron chi connectivity index (χ1n) is 7.18. The minimum absolute atomic E-state index is 0.0170. The van der Waals surface area contributed by atoms with Crippen molar-refractivity contribution in [2.45, 2.75) is 6.54 Å². The van der Waals surface area contributed by atoms with Crippen LogP contribution in [-0.4, -0.2) is 21.0 Å². The number of hydrogen-bond donors (Lipinski definition) is 0. The topological polar surface area (TPSA) is 80.5 Å². The van der Waals surface area contributed by atoms with Crippen molar-refractivity contribution in [3.63, 3.8) is 0 Å². The van der Waals surface area contributed by atoms with Gasteiger partial charge in [-0.25, -0.2) is 4.39 Å². The molecule has 0 aromatic heterocycles. The van der Waals surface area contributed by atoms with E-state index in [2.05, 4.69) is 0 Å². The zero-order valence-corrected chi connectivity index (χ0v) is 13.5. The first-order valence-corrected chi connectivity index (χ1v) is 8.00. The van der Waals surface area contributed by atoms with Crippen LogP contribution in [0.3, 0.4) is 0 Å². The summed E-state index contributed by atoms with van der Waals surface area (Å²) < 4.78 is 13.2. The number of carbonyl (C=O) groups is 2. The Hall–Kier alpha value is -3.00. The maximum absolute atomic E-state index is 13.2. The van der Waals surface area contributed by atoms with Gasteiger partial charge in [-0.15, -0.1) is 0 Å². The number of benzene rings is 2. The number of amides is 2. The van der Waals surface area contributed by atoms with E-state index >= 15 is 0 Å². The summed E-state index contributed by atoms with van der Waals surface area (Å²) in [6.45, 7) is 0.0170. The largest absolute Gasteiger partial charge is 0.293 e. The lowest BCUT2D eigenvalue weighted by Crippen LogP contribution is -2.27. The average molecular weight is 358 g/mol. The summed E-state index contributed by atoms with van der Waals surface area (Å²) in [5.74, 6) is -0.906. The number of halogens is 1. The first-order chi connectivity index (χ1) is 11.9. The van der Waals surface area contributed by atoms with Gasteiger partial charge in [0.1, 0.15) is 5.82 Å². The van der Waals surface area contributed by atoms with Crippen LogP contribution >= 0.6 is 11.8 Å². The Labute approximate surface area is 146 Å². The van der Waals surface area contributed by atoms with E-state index in [1.165, 1.54) is 48.5 Å². The van der Waals surface area contributed by atoms with Crippen LogP contribution in [0.5, 0.6) is 0 Å².